The molecule has 2 aromatic carbocycles. The molecule has 0 heterocycles. The summed E-state index contributed by atoms with van der Waals surface area (Å²) in [4.78, 5) is 24.3. The minimum atomic E-state index is -0.928. The number of hydrogen-bond acceptors (Lipinski definition) is 5. The van der Waals surface area contributed by atoms with E-state index in [1.165, 1.54) is 25.7 Å². The molecule has 0 spiro atoms. The van der Waals surface area contributed by atoms with E-state index in [1.807, 2.05) is 24.3 Å². The molecule has 6 heteroatoms. The van der Waals surface area contributed by atoms with Gasteiger partial charge in [-0.2, -0.15) is 0 Å². The highest BCUT2D eigenvalue weighted by Crippen LogP contribution is 2.28. The van der Waals surface area contributed by atoms with Gasteiger partial charge >= 0.3 is 5.97 Å². The van der Waals surface area contributed by atoms with E-state index in [1.54, 1.807) is 31.4 Å². The fourth-order valence-electron chi connectivity index (χ4n) is 2.58. The number of carbonyl (C=O) groups is 2. The summed E-state index contributed by atoms with van der Waals surface area (Å²) < 4.78 is 15.6. The summed E-state index contributed by atoms with van der Waals surface area (Å²) in [6, 6.07) is 12.8. The van der Waals surface area contributed by atoms with Crippen molar-refractivity contribution >= 4 is 23.6 Å². The van der Waals surface area contributed by atoms with Crippen molar-refractivity contribution < 1.29 is 23.8 Å². The summed E-state index contributed by atoms with van der Waals surface area (Å²) in [7, 11) is 3.09. The Balaban J connectivity index is 1.92. The number of benzene rings is 2. The van der Waals surface area contributed by atoms with E-state index in [9.17, 15) is 9.59 Å². The van der Waals surface area contributed by atoms with Gasteiger partial charge in [0.25, 0.3) is 5.91 Å². The second-order valence-corrected chi connectivity index (χ2v) is 6.79. The third-order valence-corrected chi connectivity index (χ3v) is 4.33. The normalized spacial score (nSPS) is 11.9. The molecule has 0 radical (unpaired) electrons. The van der Waals surface area contributed by atoms with Crippen molar-refractivity contribution in [2.24, 2.45) is 0 Å². The first kappa shape index (κ1) is 22.0. The van der Waals surface area contributed by atoms with Crippen LogP contribution in [0, 0.1) is 0 Å². The number of hydrogen-bond donors (Lipinski definition) is 1. The number of anilines is 1. The molecular weight excluding hydrogens is 370 g/mol. The van der Waals surface area contributed by atoms with Crippen LogP contribution >= 0.6 is 0 Å². The van der Waals surface area contributed by atoms with Crippen molar-refractivity contribution in [3.63, 3.8) is 0 Å². The van der Waals surface area contributed by atoms with Crippen LogP contribution < -0.4 is 14.8 Å². The number of ether oxygens (including phenoxy) is 3. The predicted molar refractivity (Wildman–Crippen MR) is 113 cm³/mol. The number of carbonyl (C=O) groups excluding carboxylic acids is 2. The third kappa shape index (κ3) is 6.38. The number of esters is 1. The molecule has 1 amide bonds. The van der Waals surface area contributed by atoms with Crippen LogP contribution in [0.3, 0.4) is 0 Å². The van der Waals surface area contributed by atoms with Gasteiger partial charge in [0.05, 0.1) is 14.2 Å². The zero-order valence-corrected chi connectivity index (χ0v) is 17.4. The standard InChI is InChI=1S/C23H27NO5/c1-15(2)18-8-10-19(11-9-18)24-23(26)16(3)29-22(25)13-7-17-6-12-20(27-4)21(14-17)28-5/h6-16H,1-5H3,(H,24,26)/b13-7+/t16-/m0/s1. The van der Waals surface area contributed by atoms with Crippen molar-refractivity contribution in [3.8, 4) is 11.5 Å². The number of nitrogens with one attached hydrogen (secondary N) is 1. The molecule has 0 aromatic heterocycles. The Morgan fingerprint density at radius 3 is 2.17 bits per heavy atom. The highest BCUT2D eigenvalue weighted by Gasteiger charge is 2.16. The monoisotopic (exact) mass is 397 g/mol. The zero-order chi connectivity index (χ0) is 21.4. The fraction of sp³-hybridized carbons (Fsp3) is 0.304. The van der Waals surface area contributed by atoms with Crippen LogP contribution in [0.5, 0.6) is 11.5 Å². The highest BCUT2D eigenvalue weighted by atomic mass is 16.5. The fourth-order valence-corrected chi connectivity index (χ4v) is 2.58. The molecule has 0 fully saturated rings. The summed E-state index contributed by atoms with van der Waals surface area (Å²) >= 11 is 0. The van der Waals surface area contributed by atoms with Crippen molar-refractivity contribution in [1.29, 1.82) is 0 Å². The van der Waals surface area contributed by atoms with Crippen molar-refractivity contribution in [3.05, 3.63) is 59.7 Å². The van der Waals surface area contributed by atoms with Gasteiger partial charge in [-0.15, -0.1) is 0 Å². The van der Waals surface area contributed by atoms with Gasteiger partial charge < -0.3 is 19.5 Å². The lowest BCUT2D eigenvalue weighted by Crippen LogP contribution is -2.29. The summed E-state index contributed by atoms with van der Waals surface area (Å²) in [6.45, 7) is 5.73. The van der Waals surface area contributed by atoms with Crippen LogP contribution in [-0.2, 0) is 14.3 Å². The minimum absolute atomic E-state index is 0.393. The van der Waals surface area contributed by atoms with Gasteiger partial charge in [-0.1, -0.05) is 32.0 Å². The molecule has 0 aliphatic heterocycles. The van der Waals surface area contributed by atoms with E-state index in [-0.39, 0.29) is 0 Å². The van der Waals surface area contributed by atoms with Crippen molar-refractivity contribution in [2.75, 3.05) is 19.5 Å². The van der Waals surface area contributed by atoms with Crippen LogP contribution in [0.1, 0.15) is 37.8 Å². The minimum Gasteiger partial charge on any atom is -0.493 e. The molecule has 1 N–H and O–H groups in total. The van der Waals surface area contributed by atoms with Gasteiger partial charge in [-0.3, -0.25) is 4.79 Å². The van der Waals surface area contributed by atoms with Gasteiger partial charge in [0, 0.05) is 11.8 Å². The summed E-state index contributed by atoms with van der Waals surface area (Å²) in [5.41, 5.74) is 2.58. The Bertz CT molecular complexity index is 871. The maximum Gasteiger partial charge on any atom is 0.331 e. The lowest BCUT2D eigenvalue weighted by atomic mass is 10.0. The van der Waals surface area contributed by atoms with Crippen molar-refractivity contribution in [1.82, 2.24) is 0 Å². The Morgan fingerprint density at radius 2 is 1.59 bits per heavy atom. The Kier molecular flexibility index (Phi) is 7.83. The van der Waals surface area contributed by atoms with Crippen LogP contribution in [-0.4, -0.2) is 32.2 Å². The van der Waals surface area contributed by atoms with Crippen LogP contribution in [0.25, 0.3) is 6.08 Å². The van der Waals surface area contributed by atoms with Gasteiger partial charge in [0.15, 0.2) is 17.6 Å². The third-order valence-electron chi connectivity index (χ3n) is 4.33. The number of methoxy groups -OCH3 is 2. The molecule has 0 unspecified atom stereocenters. The molecular formula is C23H27NO5. The number of amides is 1. The zero-order valence-electron chi connectivity index (χ0n) is 17.4. The Morgan fingerprint density at radius 1 is 0.931 bits per heavy atom. The number of rotatable bonds is 8. The van der Waals surface area contributed by atoms with Gasteiger partial charge in [-0.25, -0.2) is 4.79 Å². The predicted octanol–water partition coefficient (Wildman–Crippen LogP) is 4.41. The van der Waals surface area contributed by atoms with Crippen LogP contribution in [0.4, 0.5) is 5.69 Å². The van der Waals surface area contributed by atoms with E-state index in [0.29, 0.717) is 23.1 Å². The maximum absolute atomic E-state index is 12.3. The van der Waals surface area contributed by atoms with E-state index in [2.05, 4.69) is 19.2 Å². The lowest BCUT2D eigenvalue weighted by molar-refractivity contribution is -0.148. The smallest absolute Gasteiger partial charge is 0.331 e. The molecule has 2 aromatic rings. The first-order valence-electron chi connectivity index (χ1n) is 9.35. The molecule has 6 nitrogen and oxygen atoms in total. The topological polar surface area (TPSA) is 73.9 Å². The molecule has 154 valence electrons. The Hall–Kier alpha value is -3.28. The summed E-state index contributed by atoms with van der Waals surface area (Å²) in [5.74, 6) is 0.558. The molecule has 2 rings (SSSR count). The SMILES string of the molecule is COc1ccc(/C=C/C(=O)O[C@@H](C)C(=O)Nc2ccc(C(C)C)cc2)cc1OC. The Labute approximate surface area is 171 Å². The quantitative estimate of drug-likeness (QED) is 0.528. The average molecular weight is 397 g/mol. The molecule has 0 aliphatic rings. The van der Waals surface area contributed by atoms with E-state index in [0.717, 1.165) is 5.56 Å². The van der Waals surface area contributed by atoms with Crippen LogP contribution in [0.2, 0.25) is 0 Å². The molecule has 29 heavy (non-hydrogen) atoms. The molecule has 1 atom stereocenters. The highest BCUT2D eigenvalue weighted by molar-refractivity contribution is 5.96. The summed E-state index contributed by atoms with van der Waals surface area (Å²) in [6.07, 6.45) is 1.92. The van der Waals surface area contributed by atoms with E-state index in [4.69, 9.17) is 14.2 Å². The van der Waals surface area contributed by atoms with Crippen molar-refractivity contribution in [2.45, 2.75) is 32.8 Å². The second-order valence-electron chi connectivity index (χ2n) is 6.79. The largest absolute Gasteiger partial charge is 0.493 e. The molecule has 0 aliphatic carbocycles. The summed E-state index contributed by atoms with van der Waals surface area (Å²) in [5, 5.41) is 2.74. The first-order chi connectivity index (χ1) is 13.8. The molecule has 0 saturated carbocycles. The average Bonchev–Trinajstić information content (AvgIpc) is 2.72. The maximum atomic E-state index is 12.3. The second kappa shape index (κ2) is 10.3. The first-order valence-corrected chi connectivity index (χ1v) is 9.35. The molecule has 0 saturated heterocycles. The van der Waals surface area contributed by atoms with E-state index >= 15 is 0 Å². The van der Waals surface area contributed by atoms with Crippen LogP contribution in [0.15, 0.2) is 48.5 Å². The lowest BCUT2D eigenvalue weighted by Gasteiger charge is -2.13. The molecule has 0 bridgehead atoms. The van der Waals surface area contributed by atoms with E-state index < -0.39 is 18.0 Å². The van der Waals surface area contributed by atoms with Gasteiger partial charge in [0.2, 0.25) is 0 Å². The van der Waals surface area contributed by atoms with Gasteiger partial charge in [0.1, 0.15) is 0 Å². The van der Waals surface area contributed by atoms with Gasteiger partial charge in [-0.05, 0) is 54.3 Å².